The number of nitrogens with one attached hydrogen (secondary N) is 1. The van der Waals surface area contributed by atoms with E-state index in [-0.39, 0.29) is 6.54 Å². The summed E-state index contributed by atoms with van der Waals surface area (Å²) < 4.78 is 19.1. The van der Waals surface area contributed by atoms with Crippen LogP contribution in [0.25, 0.3) is 0 Å². The summed E-state index contributed by atoms with van der Waals surface area (Å²) in [6, 6.07) is 19.4. The average Bonchev–Trinajstić information content (AvgIpc) is 2.62. The molecule has 0 radical (unpaired) electrons. The molecule has 0 aliphatic rings. The van der Waals surface area contributed by atoms with E-state index in [0.29, 0.717) is 13.1 Å². The molecule has 146 valence electrons. The van der Waals surface area contributed by atoms with E-state index in [1.807, 2.05) is 65.6 Å². The van der Waals surface area contributed by atoms with E-state index in [9.17, 15) is 9.18 Å². The number of carbonyl (C=O) groups is 1. The minimum atomic E-state index is -0.580. The van der Waals surface area contributed by atoms with Gasteiger partial charge in [0.2, 0.25) is 0 Å². The maximum Gasteiger partial charge on any atom is 0.407 e. The van der Waals surface area contributed by atoms with Gasteiger partial charge in [-0.25, -0.2) is 9.18 Å². The Morgan fingerprint density at radius 3 is 1.89 bits per heavy atom. The molecular formula is C22H29FN2O2. The van der Waals surface area contributed by atoms with Crippen LogP contribution in [-0.2, 0) is 17.8 Å². The Morgan fingerprint density at radius 2 is 1.48 bits per heavy atom. The molecule has 1 unspecified atom stereocenters. The Kier molecular flexibility index (Phi) is 7.80. The molecule has 0 fully saturated rings. The molecule has 0 aliphatic carbocycles. The fourth-order valence-electron chi connectivity index (χ4n) is 2.75. The fraction of sp³-hybridized carbons (Fsp3) is 0.409. The van der Waals surface area contributed by atoms with E-state index >= 15 is 0 Å². The molecule has 5 heteroatoms. The summed E-state index contributed by atoms with van der Waals surface area (Å²) in [5, 5.41) is 2.70. The zero-order chi connectivity index (χ0) is 19.7. The van der Waals surface area contributed by atoms with Crippen LogP contribution >= 0.6 is 0 Å². The van der Waals surface area contributed by atoms with Gasteiger partial charge in [0.25, 0.3) is 0 Å². The first-order valence-corrected chi connectivity index (χ1v) is 9.22. The van der Waals surface area contributed by atoms with Crippen molar-refractivity contribution in [2.75, 3.05) is 13.2 Å². The van der Waals surface area contributed by atoms with E-state index < -0.39 is 24.4 Å². The SMILES string of the molecule is CC(C)(C)OC(=O)NCC(CF)N(Cc1ccccc1)Cc1ccccc1. The van der Waals surface area contributed by atoms with Gasteiger partial charge in [-0.3, -0.25) is 4.90 Å². The molecule has 4 nitrogen and oxygen atoms in total. The molecule has 0 aromatic heterocycles. The molecule has 0 aliphatic heterocycles. The lowest BCUT2D eigenvalue weighted by molar-refractivity contribution is 0.0496. The fourth-order valence-corrected chi connectivity index (χ4v) is 2.75. The molecule has 1 atom stereocenters. The third-order valence-corrected chi connectivity index (χ3v) is 4.03. The van der Waals surface area contributed by atoms with Crippen LogP contribution in [0.3, 0.4) is 0 Å². The number of amides is 1. The smallest absolute Gasteiger partial charge is 0.407 e. The highest BCUT2D eigenvalue weighted by molar-refractivity contribution is 5.67. The van der Waals surface area contributed by atoms with E-state index in [2.05, 4.69) is 5.32 Å². The molecule has 1 N–H and O–H groups in total. The number of benzene rings is 2. The van der Waals surface area contributed by atoms with Crippen molar-refractivity contribution in [3.63, 3.8) is 0 Å². The number of hydrogen-bond donors (Lipinski definition) is 1. The number of hydrogen-bond acceptors (Lipinski definition) is 3. The molecule has 0 heterocycles. The Bertz CT molecular complexity index is 645. The molecule has 2 aromatic rings. The van der Waals surface area contributed by atoms with Crippen LogP contribution in [0.5, 0.6) is 0 Å². The lowest BCUT2D eigenvalue weighted by Crippen LogP contribution is -2.45. The maximum atomic E-state index is 13.9. The summed E-state index contributed by atoms with van der Waals surface area (Å²) in [6.45, 7) is 6.23. The Labute approximate surface area is 161 Å². The molecule has 27 heavy (non-hydrogen) atoms. The highest BCUT2D eigenvalue weighted by Crippen LogP contribution is 2.14. The van der Waals surface area contributed by atoms with Crippen molar-refractivity contribution in [1.82, 2.24) is 10.2 Å². The second-order valence-corrected chi connectivity index (χ2v) is 7.57. The first kappa shape index (κ1) is 20.9. The summed E-state index contributed by atoms with van der Waals surface area (Å²) in [4.78, 5) is 14.0. The van der Waals surface area contributed by atoms with E-state index in [1.54, 1.807) is 20.8 Å². The van der Waals surface area contributed by atoms with Crippen LogP contribution in [0.15, 0.2) is 60.7 Å². The number of ether oxygens (including phenoxy) is 1. The summed E-state index contributed by atoms with van der Waals surface area (Å²) in [5.41, 5.74) is 1.62. The maximum absolute atomic E-state index is 13.9. The normalized spacial score (nSPS) is 12.6. The van der Waals surface area contributed by atoms with E-state index in [4.69, 9.17) is 4.74 Å². The first-order chi connectivity index (χ1) is 12.9. The number of halogens is 1. The average molecular weight is 372 g/mol. The van der Waals surface area contributed by atoms with Gasteiger partial charge in [-0.2, -0.15) is 0 Å². The van der Waals surface area contributed by atoms with Crippen LogP contribution in [-0.4, -0.2) is 35.9 Å². The van der Waals surface area contributed by atoms with Crippen molar-refractivity contribution >= 4 is 6.09 Å². The zero-order valence-corrected chi connectivity index (χ0v) is 16.3. The molecular weight excluding hydrogens is 343 g/mol. The van der Waals surface area contributed by atoms with E-state index in [0.717, 1.165) is 11.1 Å². The molecule has 2 aromatic carbocycles. The van der Waals surface area contributed by atoms with Crippen LogP contribution in [0.2, 0.25) is 0 Å². The first-order valence-electron chi connectivity index (χ1n) is 9.22. The van der Waals surface area contributed by atoms with Crippen LogP contribution < -0.4 is 5.32 Å². The second kappa shape index (κ2) is 10.1. The summed E-state index contributed by atoms with van der Waals surface area (Å²) >= 11 is 0. The quantitative estimate of drug-likeness (QED) is 0.739. The Balaban J connectivity index is 2.07. The van der Waals surface area contributed by atoms with Crippen LogP contribution in [0.4, 0.5) is 9.18 Å². The van der Waals surface area contributed by atoms with Gasteiger partial charge in [0.1, 0.15) is 12.3 Å². The van der Waals surface area contributed by atoms with Gasteiger partial charge in [0.15, 0.2) is 0 Å². The van der Waals surface area contributed by atoms with Crippen LogP contribution in [0.1, 0.15) is 31.9 Å². The predicted octanol–water partition coefficient (Wildman–Crippen LogP) is 4.55. The summed E-state index contributed by atoms with van der Waals surface area (Å²) in [6.07, 6.45) is -0.527. The number of carbonyl (C=O) groups excluding carboxylic acids is 1. The van der Waals surface area contributed by atoms with Gasteiger partial charge in [0, 0.05) is 19.6 Å². The summed E-state index contributed by atoms with van der Waals surface area (Å²) in [5.74, 6) is 0. The van der Waals surface area contributed by atoms with Crippen molar-refractivity contribution in [3.05, 3.63) is 71.8 Å². The van der Waals surface area contributed by atoms with Gasteiger partial charge in [-0.05, 0) is 31.9 Å². The van der Waals surface area contributed by atoms with Gasteiger partial charge < -0.3 is 10.1 Å². The van der Waals surface area contributed by atoms with Gasteiger partial charge in [-0.15, -0.1) is 0 Å². The van der Waals surface area contributed by atoms with Crippen molar-refractivity contribution in [2.24, 2.45) is 0 Å². The Hall–Kier alpha value is -2.40. The van der Waals surface area contributed by atoms with Gasteiger partial charge in [-0.1, -0.05) is 60.7 Å². The lowest BCUT2D eigenvalue weighted by Gasteiger charge is -2.30. The molecule has 0 spiro atoms. The highest BCUT2D eigenvalue weighted by Gasteiger charge is 2.22. The molecule has 0 bridgehead atoms. The van der Waals surface area contributed by atoms with Gasteiger partial charge in [0.05, 0.1) is 6.04 Å². The monoisotopic (exact) mass is 372 g/mol. The number of alkyl carbamates (subject to hydrolysis) is 1. The summed E-state index contributed by atoms with van der Waals surface area (Å²) in [7, 11) is 0. The van der Waals surface area contributed by atoms with E-state index in [1.165, 1.54) is 0 Å². The predicted molar refractivity (Wildman–Crippen MR) is 106 cm³/mol. The van der Waals surface area contributed by atoms with Crippen LogP contribution in [0, 0.1) is 0 Å². The topological polar surface area (TPSA) is 41.6 Å². The number of nitrogens with zero attached hydrogens (tertiary/aromatic N) is 1. The zero-order valence-electron chi connectivity index (χ0n) is 16.3. The third-order valence-electron chi connectivity index (χ3n) is 4.03. The molecule has 0 saturated heterocycles. The highest BCUT2D eigenvalue weighted by atomic mass is 19.1. The number of rotatable bonds is 8. The molecule has 2 rings (SSSR count). The standard InChI is InChI=1S/C22H29FN2O2/c1-22(2,3)27-21(26)24-15-20(14-23)25(16-18-10-6-4-7-11-18)17-19-12-8-5-9-13-19/h4-13,20H,14-17H2,1-3H3,(H,24,26). The van der Waals surface area contributed by atoms with Gasteiger partial charge >= 0.3 is 6.09 Å². The number of alkyl halides is 1. The molecule has 1 amide bonds. The Morgan fingerprint density at radius 1 is 1.00 bits per heavy atom. The minimum Gasteiger partial charge on any atom is -0.444 e. The molecule has 0 saturated carbocycles. The minimum absolute atomic E-state index is 0.186. The van der Waals surface area contributed by atoms with Crippen molar-refractivity contribution in [3.8, 4) is 0 Å². The van der Waals surface area contributed by atoms with Crippen molar-refractivity contribution in [2.45, 2.75) is 45.5 Å². The van der Waals surface area contributed by atoms with Crippen molar-refractivity contribution in [1.29, 1.82) is 0 Å². The third kappa shape index (κ3) is 7.79. The van der Waals surface area contributed by atoms with Crippen molar-refractivity contribution < 1.29 is 13.9 Å². The largest absolute Gasteiger partial charge is 0.444 e. The lowest BCUT2D eigenvalue weighted by atomic mass is 10.1. The second-order valence-electron chi connectivity index (χ2n) is 7.57.